The minimum Gasteiger partial charge on any atom is -0.352 e. The second kappa shape index (κ2) is 4.08. The molecule has 1 aromatic heterocycles. The molecule has 2 aliphatic heterocycles. The van der Waals surface area contributed by atoms with E-state index in [1.54, 1.807) is 0 Å². The van der Waals surface area contributed by atoms with Gasteiger partial charge in [-0.3, -0.25) is 0 Å². The largest absolute Gasteiger partial charge is 0.434 e. The minimum atomic E-state index is -4.42. The highest BCUT2D eigenvalue weighted by Crippen LogP contribution is 2.28. The summed E-state index contributed by atoms with van der Waals surface area (Å²) in [5.41, 5.74) is -0.940. The molecule has 0 amide bonds. The molecule has 3 rings (SSSR count). The van der Waals surface area contributed by atoms with E-state index >= 15 is 0 Å². The van der Waals surface area contributed by atoms with Crippen LogP contribution in [0, 0.1) is 0 Å². The average molecular weight is 258 g/mol. The lowest BCUT2D eigenvalue weighted by atomic mass is 10.2. The molecule has 2 bridgehead atoms. The van der Waals surface area contributed by atoms with E-state index in [9.17, 15) is 13.2 Å². The van der Waals surface area contributed by atoms with Gasteiger partial charge in [-0.15, -0.1) is 0 Å². The molecular weight excluding hydrogens is 245 g/mol. The molecule has 0 aliphatic carbocycles. The van der Waals surface area contributed by atoms with Crippen molar-refractivity contribution in [2.75, 3.05) is 18.0 Å². The fourth-order valence-corrected chi connectivity index (χ4v) is 2.61. The molecule has 7 heteroatoms. The van der Waals surface area contributed by atoms with Gasteiger partial charge in [0, 0.05) is 25.2 Å². The number of hydrogen-bond donors (Lipinski definition) is 1. The molecule has 0 radical (unpaired) electrons. The summed E-state index contributed by atoms with van der Waals surface area (Å²) in [7, 11) is 0. The van der Waals surface area contributed by atoms with E-state index in [0.29, 0.717) is 17.9 Å². The summed E-state index contributed by atoms with van der Waals surface area (Å²) in [5, 5.41) is 3.46. The first kappa shape index (κ1) is 11.7. The van der Waals surface area contributed by atoms with Crippen LogP contribution in [0.3, 0.4) is 0 Å². The number of piperazine rings is 1. The third-order valence-corrected chi connectivity index (χ3v) is 3.47. The van der Waals surface area contributed by atoms with Gasteiger partial charge in [-0.2, -0.15) is 13.2 Å². The Hall–Kier alpha value is -1.37. The Bertz CT molecular complexity index is 419. The van der Waals surface area contributed by atoms with Gasteiger partial charge in [0.2, 0.25) is 0 Å². The summed E-state index contributed by atoms with van der Waals surface area (Å²) < 4.78 is 37.1. The van der Waals surface area contributed by atoms with Gasteiger partial charge in [0.25, 0.3) is 0 Å². The fourth-order valence-electron chi connectivity index (χ4n) is 2.61. The van der Waals surface area contributed by atoms with E-state index in [0.717, 1.165) is 32.1 Å². The number of fused-ring (bicyclic) bond motifs is 2. The summed E-state index contributed by atoms with van der Waals surface area (Å²) in [6.07, 6.45) is -0.161. The van der Waals surface area contributed by atoms with Crippen LogP contribution in [0.15, 0.2) is 12.4 Å². The standard InChI is InChI=1S/C11H13F3N4/c12-11(13,14)9-3-16-10(4-15-9)18-5-7-1-2-8(6-18)17-7/h3-4,7-8,17H,1-2,5-6H2. The normalized spacial score (nSPS) is 27.6. The van der Waals surface area contributed by atoms with Crippen LogP contribution < -0.4 is 10.2 Å². The predicted octanol–water partition coefficient (Wildman–Crippen LogP) is 1.44. The monoisotopic (exact) mass is 258 g/mol. The zero-order valence-corrected chi connectivity index (χ0v) is 9.61. The molecule has 2 aliphatic rings. The first-order valence-electron chi connectivity index (χ1n) is 5.92. The van der Waals surface area contributed by atoms with Crippen molar-refractivity contribution in [3.8, 4) is 0 Å². The van der Waals surface area contributed by atoms with Gasteiger partial charge in [-0.25, -0.2) is 9.97 Å². The van der Waals surface area contributed by atoms with E-state index in [2.05, 4.69) is 15.3 Å². The summed E-state index contributed by atoms with van der Waals surface area (Å²) in [6, 6.07) is 0.848. The van der Waals surface area contributed by atoms with Gasteiger partial charge in [0.05, 0.1) is 12.4 Å². The van der Waals surface area contributed by atoms with Gasteiger partial charge in [-0.05, 0) is 12.8 Å². The molecule has 3 heterocycles. The number of alkyl halides is 3. The Morgan fingerprint density at radius 1 is 1.11 bits per heavy atom. The smallest absolute Gasteiger partial charge is 0.352 e. The zero-order chi connectivity index (χ0) is 12.8. The first-order valence-corrected chi connectivity index (χ1v) is 5.92. The number of rotatable bonds is 1. The molecule has 2 unspecified atom stereocenters. The van der Waals surface area contributed by atoms with Gasteiger partial charge >= 0.3 is 6.18 Å². The van der Waals surface area contributed by atoms with E-state index in [1.165, 1.54) is 6.20 Å². The fraction of sp³-hybridized carbons (Fsp3) is 0.636. The lowest BCUT2D eigenvalue weighted by Gasteiger charge is -2.33. The number of nitrogens with zero attached hydrogens (tertiary/aromatic N) is 3. The van der Waals surface area contributed by atoms with Crippen LogP contribution >= 0.6 is 0 Å². The quantitative estimate of drug-likeness (QED) is 0.827. The molecule has 0 aromatic carbocycles. The van der Waals surface area contributed by atoms with Crippen molar-refractivity contribution in [2.45, 2.75) is 31.1 Å². The SMILES string of the molecule is FC(F)(F)c1cnc(N2CC3CCC(C2)N3)cn1. The lowest BCUT2D eigenvalue weighted by Crippen LogP contribution is -2.51. The van der Waals surface area contributed by atoms with Crippen molar-refractivity contribution in [1.82, 2.24) is 15.3 Å². The van der Waals surface area contributed by atoms with Gasteiger partial charge in [-0.1, -0.05) is 0 Å². The Kier molecular flexibility index (Phi) is 2.65. The molecular formula is C11H13F3N4. The Labute approximate surface area is 102 Å². The van der Waals surface area contributed by atoms with Crippen molar-refractivity contribution >= 4 is 5.82 Å². The molecule has 1 aromatic rings. The number of nitrogens with one attached hydrogen (secondary N) is 1. The molecule has 1 N–H and O–H groups in total. The molecule has 0 spiro atoms. The highest BCUT2D eigenvalue weighted by atomic mass is 19.4. The van der Waals surface area contributed by atoms with E-state index in [4.69, 9.17) is 0 Å². The Balaban J connectivity index is 1.77. The maximum absolute atomic E-state index is 12.4. The van der Waals surface area contributed by atoms with Crippen molar-refractivity contribution in [1.29, 1.82) is 0 Å². The zero-order valence-electron chi connectivity index (χ0n) is 9.61. The molecule has 18 heavy (non-hydrogen) atoms. The van der Waals surface area contributed by atoms with Crippen LogP contribution in [-0.4, -0.2) is 35.1 Å². The molecule has 98 valence electrons. The Morgan fingerprint density at radius 3 is 2.28 bits per heavy atom. The maximum Gasteiger partial charge on any atom is 0.434 e. The second-order valence-corrected chi connectivity index (χ2v) is 4.80. The van der Waals surface area contributed by atoms with Crippen molar-refractivity contribution in [3.05, 3.63) is 18.1 Å². The maximum atomic E-state index is 12.4. The lowest BCUT2D eigenvalue weighted by molar-refractivity contribution is -0.141. The number of halogens is 3. The second-order valence-electron chi connectivity index (χ2n) is 4.80. The summed E-state index contributed by atoms with van der Waals surface area (Å²) >= 11 is 0. The van der Waals surface area contributed by atoms with Gasteiger partial charge in [0.1, 0.15) is 5.82 Å². The molecule has 2 fully saturated rings. The van der Waals surface area contributed by atoms with Crippen LogP contribution in [0.2, 0.25) is 0 Å². The third kappa shape index (κ3) is 2.14. The van der Waals surface area contributed by atoms with Crippen LogP contribution in [0.1, 0.15) is 18.5 Å². The number of aromatic nitrogens is 2. The van der Waals surface area contributed by atoms with Crippen LogP contribution in [0.25, 0.3) is 0 Å². The third-order valence-electron chi connectivity index (χ3n) is 3.47. The Morgan fingerprint density at radius 2 is 1.78 bits per heavy atom. The average Bonchev–Trinajstić information content (AvgIpc) is 2.67. The number of hydrogen-bond acceptors (Lipinski definition) is 4. The summed E-state index contributed by atoms with van der Waals surface area (Å²) in [5.74, 6) is 0.529. The van der Waals surface area contributed by atoms with Gasteiger partial charge < -0.3 is 10.2 Å². The van der Waals surface area contributed by atoms with E-state index in [-0.39, 0.29) is 0 Å². The van der Waals surface area contributed by atoms with Gasteiger partial charge in [0.15, 0.2) is 5.69 Å². The molecule has 4 nitrogen and oxygen atoms in total. The van der Waals surface area contributed by atoms with Crippen molar-refractivity contribution in [3.63, 3.8) is 0 Å². The summed E-state index contributed by atoms with van der Waals surface area (Å²) in [6.45, 7) is 1.58. The van der Waals surface area contributed by atoms with Crippen molar-refractivity contribution < 1.29 is 13.2 Å². The summed E-state index contributed by atoms with van der Waals surface area (Å²) in [4.78, 5) is 9.33. The molecule has 2 atom stereocenters. The van der Waals surface area contributed by atoms with E-state index in [1.807, 2.05) is 4.90 Å². The highest BCUT2D eigenvalue weighted by molar-refractivity contribution is 5.38. The first-order chi connectivity index (χ1) is 8.52. The minimum absolute atomic E-state index is 0.424. The molecule has 0 saturated carbocycles. The van der Waals surface area contributed by atoms with Crippen LogP contribution in [0.4, 0.5) is 19.0 Å². The number of anilines is 1. The molecule has 2 saturated heterocycles. The van der Waals surface area contributed by atoms with E-state index < -0.39 is 11.9 Å². The highest BCUT2D eigenvalue weighted by Gasteiger charge is 2.35. The predicted molar refractivity (Wildman–Crippen MR) is 59.2 cm³/mol. The van der Waals surface area contributed by atoms with Crippen LogP contribution in [-0.2, 0) is 6.18 Å². The van der Waals surface area contributed by atoms with Crippen LogP contribution in [0.5, 0.6) is 0 Å². The topological polar surface area (TPSA) is 41.1 Å². The van der Waals surface area contributed by atoms with Crippen molar-refractivity contribution in [2.24, 2.45) is 0 Å².